The first kappa shape index (κ1) is 30.8. The Hall–Kier alpha value is -2.70. The van der Waals surface area contributed by atoms with E-state index in [-0.39, 0.29) is 56.5 Å². The van der Waals surface area contributed by atoms with Gasteiger partial charge >= 0.3 is 29.6 Å². The minimum atomic E-state index is -4.76. The van der Waals surface area contributed by atoms with Gasteiger partial charge < -0.3 is 15.2 Å². The summed E-state index contributed by atoms with van der Waals surface area (Å²) in [5, 5.41) is 24.9. The smallest absolute Gasteiger partial charge is 0.870 e. The predicted molar refractivity (Wildman–Crippen MR) is 144 cm³/mol. The maximum atomic E-state index is 13.4. The van der Waals surface area contributed by atoms with E-state index in [4.69, 9.17) is 27.9 Å². The number of hydrogen-bond donors (Lipinski definition) is 2. The summed E-state index contributed by atoms with van der Waals surface area (Å²) in [6.45, 7) is 3.79. The molecule has 0 aliphatic carbocycles. The van der Waals surface area contributed by atoms with Gasteiger partial charge in [-0.3, -0.25) is 9.35 Å². The van der Waals surface area contributed by atoms with Gasteiger partial charge in [-0.15, -0.1) is 5.11 Å². The van der Waals surface area contributed by atoms with Crippen molar-refractivity contribution in [2.24, 2.45) is 10.2 Å². The van der Waals surface area contributed by atoms with Gasteiger partial charge in [-0.1, -0.05) is 59.3 Å². The van der Waals surface area contributed by atoms with Crippen molar-refractivity contribution in [3.63, 3.8) is 0 Å². The normalized spacial score (nSPS) is 11.4. The van der Waals surface area contributed by atoms with Crippen molar-refractivity contribution >= 4 is 67.1 Å². The van der Waals surface area contributed by atoms with Crippen molar-refractivity contribution in [1.82, 2.24) is 0 Å². The van der Waals surface area contributed by atoms with Crippen LogP contribution in [0, 0.1) is 6.92 Å². The number of nitrogens with zero attached hydrogens (tertiary/aromatic N) is 2. The molecule has 196 valence electrons. The molecule has 13 heteroatoms. The van der Waals surface area contributed by atoms with E-state index >= 15 is 0 Å². The van der Waals surface area contributed by atoms with E-state index in [2.05, 4.69) is 15.5 Å². The summed E-state index contributed by atoms with van der Waals surface area (Å²) in [6.07, 6.45) is 0. The Bertz CT molecular complexity index is 1710. The molecule has 0 fully saturated rings. The Morgan fingerprint density at radius 1 is 1.08 bits per heavy atom. The van der Waals surface area contributed by atoms with Crippen LogP contribution in [0.3, 0.4) is 0 Å². The Morgan fingerprint density at radius 3 is 2.46 bits per heavy atom. The second-order valence-corrected chi connectivity index (χ2v) is 10.2. The number of benzene rings is 4. The van der Waals surface area contributed by atoms with Crippen LogP contribution in [-0.2, 0) is 10.1 Å². The Morgan fingerprint density at radius 2 is 1.79 bits per heavy atom. The number of carbonyl (C=O) groups excluding carboxylic acids is 1. The number of aryl methyl sites for hydroxylation is 1. The zero-order valence-electron chi connectivity index (χ0n) is 21.0. The number of hydrogen-bond acceptors (Lipinski definition) is 7. The van der Waals surface area contributed by atoms with Crippen LogP contribution in [-0.4, -0.2) is 25.5 Å². The largest absolute Gasteiger partial charge is 1.00 e. The van der Waals surface area contributed by atoms with Crippen LogP contribution in [0.4, 0.5) is 17.1 Å². The molecule has 0 saturated carbocycles. The Balaban J connectivity index is 0.00000420. The molecule has 2 N–H and O–H groups in total. The molecular formula is C26H20Cl2N3NaO6S. The third-order valence-electron chi connectivity index (χ3n) is 5.49. The molecule has 0 bridgehead atoms. The quantitative estimate of drug-likeness (QED) is 0.189. The van der Waals surface area contributed by atoms with Gasteiger partial charge in [0.15, 0.2) is 0 Å². The van der Waals surface area contributed by atoms with Crippen LogP contribution >= 0.6 is 23.2 Å². The summed E-state index contributed by atoms with van der Waals surface area (Å²) in [5.74, 6) is -1.01. The predicted octanol–water partition coefficient (Wildman–Crippen LogP) is 3.85. The van der Waals surface area contributed by atoms with Crippen LogP contribution in [0.25, 0.3) is 10.8 Å². The average Bonchev–Trinajstić information content (AvgIpc) is 2.86. The minimum absolute atomic E-state index is 0. The number of nitrogens with one attached hydrogen (secondary N) is 1. The molecule has 0 atom stereocenters. The van der Waals surface area contributed by atoms with E-state index in [0.29, 0.717) is 34.4 Å². The van der Waals surface area contributed by atoms with Crippen LogP contribution in [0.2, 0.25) is 10.0 Å². The Labute approximate surface area is 256 Å². The number of rotatable bonds is 7. The number of ether oxygens (including phenoxy) is 1. The zero-order chi connectivity index (χ0) is 27.6. The molecule has 0 spiro atoms. The number of amides is 1. The number of azo groups is 1. The van der Waals surface area contributed by atoms with Gasteiger partial charge in [0.1, 0.15) is 16.3 Å². The summed E-state index contributed by atoms with van der Waals surface area (Å²) < 4.78 is 39.0. The third-order valence-corrected chi connectivity index (χ3v) is 7.32. The van der Waals surface area contributed by atoms with Gasteiger partial charge in [0.2, 0.25) is 0 Å². The maximum absolute atomic E-state index is 13.4. The molecular weight excluding hydrogens is 576 g/mol. The fourth-order valence-electron chi connectivity index (χ4n) is 3.70. The van der Waals surface area contributed by atoms with Gasteiger partial charge in [-0.05, 0) is 55.1 Å². The maximum Gasteiger partial charge on any atom is 1.00 e. The fourth-order valence-corrected chi connectivity index (χ4v) is 5.15. The average molecular weight is 596 g/mol. The topological polar surface area (TPSA) is 140 Å². The standard InChI is InChI=1S/C26H21Cl2N3O6S.Na/c1-3-37-21-11-9-16(13-19(21)27)29-26(33)18-12-15-6-4-5-7-17(15)23(24(18)32)31-30-20-10-8-14(2)22(28)25(20)38(34,35)36;/h4-13,32H,3H2,1-2H3,(H,29,33)(H,34,35,36);/q;+1/p-1. The molecule has 4 aromatic carbocycles. The van der Waals surface area contributed by atoms with Crippen LogP contribution < -0.4 is 44.7 Å². The molecule has 0 radical (unpaired) electrons. The first-order chi connectivity index (χ1) is 18.0. The first-order valence-electron chi connectivity index (χ1n) is 11.2. The second-order valence-electron chi connectivity index (χ2n) is 8.08. The van der Waals surface area contributed by atoms with E-state index in [1.54, 1.807) is 43.3 Å². The molecule has 1 amide bonds. The van der Waals surface area contributed by atoms with Crippen molar-refractivity contribution in [3.05, 3.63) is 81.8 Å². The van der Waals surface area contributed by atoms with Crippen molar-refractivity contribution in [3.8, 4) is 11.5 Å². The third kappa shape index (κ3) is 6.72. The summed E-state index contributed by atoms with van der Waals surface area (Å²) in [4.78, 5) is 12.5. The van der Waals surface area contributed by atoms with Gasteiger partial charge in [0, 0.05) is 16.6 Å². The van der Waals surface area contributed by atoms with Crippen molar-refractivity contribution < 1.29 is 57.2 Å². The van der Waals surface area contributed by atoms with Crippen molar-refractivity contribution in [1.29, 1.82) is 0 Å². The summed E-state index contributed by atoms with van der Waals surface area (Å²) in [7, 11) is -4.76. The zero-order valence-corrected chi connectivity index (χ0v) is 25.4. The molecule has 9 nitrogen and oxygen atoms in total. The molecule has 39 heavy (non-hydrogen) atoms. The minimum Gasteiger partial charge on any atom is -0.870 e. The van der Waals surface area contributed by atoms with Crippen LogP contribution in [0.5, 0.6) is 11.5 Å². The molecule has 0 saturated heterocycles. The molecule has 0 aliphatic heterocycles. The fraction of sp³-hybridized carbons (Fsp3) is 0.115. The van der Waals surface area contributed by atoms with E-state index in [9.17, 15) is 22.9 Å². The molecule has 4 aromatic rings. The number of fused-ring (bicyclic) bond motifs is 1. The summed E-state index contributed by atoms with van der Waals surface area (Å²) in [5.41, 5.74) is 0.0357. The van der Waals surface area contributed by atoms with E-state index < -0.39 is 26.7 Å². The molecule has 4 rings (SSSR count). The van der Waals surface area contributed by atoms with Crippen LogP contribution in [0.1, 0.15) is 22.8 Å². The van der Waals surface area contributed by atoms with Gasteiger partial charge in [-0.2, -0.15) is 13.5 Å². The number of halogens is 2. The van der Waals surface area contributed by atoms with Gasteiger partial charge in [0.25, 0.3) is 16.0 Å². The molecule has 0 unspecified atom stereocenters. The van der Waals surface area contributed by atoms with Gasteiger partial charge in [-0.25, -0.2) is 0 Å². The van der Waals surface area contributed by atoms with Gasteiger partial charge in [0.05, 0.1) is 22.3 Å². The molecule has 0 heterocycles. The number of anilines is 1. The van der Waals surface area contributed by atoms with Crippen LogP contribution in [0.15, 0.2) is 75.8 Å². The number of carbonyl (C=O) groups is 1. The summed E-state index contributed by atoms with van der Waals surface area (Å²) >= 11 is 12.3. The Kier molecular flexibility index (Phi) is 10.0. The van der Waals surface area contributed by atoms with E-state index in [1.807, 2.05) is 6.92 Å². The first-order valence-corrected chi connectivity index (χ1v) is 13.4. The monoisotopic (exact) mass is 595 g/mol. The van der Waals surface area contributed by atoms with Crippen molar-refractivity contribution in [2.45, 2.75) is 18.7 Å². The molecule has 0 aromatic heterocycles. The van der Waals surface area contributed by atoms with E-state index in [1.165, 1.54) is 24.3 Å². The van der Waals surface area contributed by atoms with E-state index in [0.717, 1.165) is 0 Å². The SMILES string of the molecule is CCOc1ccc(NC(=O)c2cc3ccccc3c(N=Nc3ccc(C)c(Cl)c3S(=O)(=O)O)c2[O-])cc1Cl.[Na+]. The van der Waals surface area contributed by atoms with Crippen molar-refractivity contribution in [2.75, 3.05) is 11.9 Å². The second kappa shape index (κ2) is 12.6. The summed E-state index contributed by atoms with van der Waals surface area (Å²) in [6, 6.07) is 15.6. The molecule has 0 aliphatic rings.